The zero-order valence-corrected chi connectivity index (χ0v) is 15.7. The molecule has 0 bridgehead atoms. The maximum atomic E-state index is 13.2. The number of carbonyl (C=O) groups is 2. The van der Waals surface area contributed by atoms with E-state index in [4.69, 9.17) is 16.3 Å². The minimum Gasteiger partial charge on any atom is -0.495 e. The zero-order chi connectivity index (χ0) is 19.6. The fraction of sp³-hybridized carbons (Fsp3) is 0.200. The van der Waals surface area contributed by atoms with Crippen LogP contribution in [0.3, 0.4) is 0 Å². The number of halogens is 1. The van der Waals surface area contributed by atoms with Crippen molar-refractivity contribution in [3.63, 3.8) is 0 Å². The van der Waals surface area contributed by atoms with Crippen LogP contribution in [0.2, 0.25) is 5.02 Å². The number of nitrogens with zero attached hydrogens (tertiary/aromatic N) is 2. The van der Waals surface area contributed by atoms with E-state index in [0.717, 1.165) is 4.90 Å². The lowest BCUT2D eigenvalue weighted by molar-refractivity contribution is -0.120. The fourth-order valence-electron chi connectivity index (χ4n) is 3.03. The van der Waals surface area contributed by atoms with E-state index in [-0.39, 0.29) is 18.8 Å². The first-order valence-electron chi connectivity index (χ1n) is 8.33. The van der Waals surface area contributed by atoms with Gasteiger partial charge >= 0.3 is 0 Å². The van der Waals surface area contributed by atoms with Crippen LogP contribution < -0.4 is 9.64 Å². The highest BCUT2D eigenvalue weighted by Gasteiger charge is 2.41. The first kappa shape index (κ1) is 18.9. The molecule has 1 aliphatic heterocycles. The summed E-state index contributed by atoms with van der Waals surface area (Å²) in [6.07, 6.45) is 0. The Labute approximate surface area is 162 Å². The lowest BCUT2D eigenvalue weighted by Gasteiger charge is -2.20. The molecule has 0 saturated carbocycles. The van der Waals surface area contributed by atoms with E-state index in [1.54, 1.807) is 48.3 Å². The highest BCUT2D eigenvalue weighted by molar-refractivity contribution is 6.45. The molecule has 1 heterocycles. The number of rotatable bonds is 6. The van der Waals surface area contributed by atoms with Gasteiger partial charge in [0.15, 0.2) is 0 Å². The normalized spacial score (nSPS) is 14.1. The van der Waals surface area contributed by atoms with Crippen molar-refractivity contribution in [2.24, 2.45) is 0 Å². The predicted molar refractivity (Wildman–Crippen MR) is 104 cm³/mol. The van der Waals surface area contributed by atoms with Crippen molar-refractivity contribution in [3.05, 3.63) is 64.8 Å². The van der Waals surface area contributed by atoms with Gasteiger partial charge in [0, 0.05) is 13.6 Å². The van der Waals surface area contributed by atoms with Gasteiger partial charge in [-0.3, -0.25) is 9.59 Å². The van der Waals surface area contributed by atoms with E-state index < -0.39 is 11.8 Å². The molecule has 0 atom stereocenters. The van der Waals surface area contributed by atoms with Crippen LogP contribution in [0.15, 0.2) is 54.2 Å². The van der Waals surface area contributed by atoms with E-state index in [2.05, 4.69) is 0 Å². The Bertz CT molecular complexity index is 911. The quantitative estimate of drug-likeness (QED) is 0.773. The molecule has 0 spiro atoms. The summed E-state index contributed by atoms with van der Waals surface area (Å²) in [4.78, 5) is 29.0. The summed E-state index contributed by atoms with van der Waals surface area (Å²) >= 11 is 6.17. The molecule has 2 aromatic carbocycles. The number of carbonyl (C=O) groups excluding carboxylic acids is 2. The van der Waals surface area contributed by atoms with Gasteiger partial charge in [0.1, 0.15) is 11.4 Å². The van der Waals surface area contributed by atoms with Gasteiger partial charge in [-0.05, 0) is 23.8 Å². The number of amides is 2. The van der Waals surface area contributed by atoms with Crippen molar-refractivity contribution in [1.29, 1.82) is 0 Å². The van der Waals surface area contributed by atoms with Gasteiger partial charge in [0.05, 0.1) is 30.0 Å². The highest BCUT2D eigenvalue weighted by atomic mass is 35.5. The maximum Gasteiger partial charge on any atom is 0.282 e. The van der Waals surface area contributed by atoms with E-state index in [1.165, 1.54) is 13.2 Å². The average Bonchev–Trinajstić information content (AvgIpc) is 2.93. The van der Waals surface area contributed by atoms with Crippen molar-refractivity contribution in [2.45, 2.75) is 0 Å². The van der Waals surface area contributed by atoms with Crippen LogP contribution in [-0.2, 0) is 9.59 Å². The molecule has 0 aromatic heterocycles. The second-order valence-corrected chi connectivity index (χ2v) is 6.41. The molecule has 27 heavy (non-hydrogen) atoms. The summed E-state index contributed by atoms with van der Waals surface area (Å²) in [5, 5.41) is 9.58. The second-order valence-electron chi connectivity index (χ2n) is 6.00. The third kappa shape index (κ3) is 3.41. The van der Waals surface area contributed by atoms with Crippen molar-refractivity contribution in [1.82, 2.24) is 4.90 Å². The van der Waals surface area contributed by atoms with Crippen LogP contribution in [0, 0.1) is 0 Å². The molecule has 6 nitrogen and oxygen atoms in total. The Morgan fingerprint density at radius 3 is 2.41 bits per heavy atom. The van der Waals surface area contributed by atoms with Gasteiger partial charge in [-0.2, -0.15) is 0 Å². The van der Waals surface area contributed by atoms with Crippen molar-refractivity contribution < 1.29 is 19.4 Å². The smallest absolute Gasteiger partial charge is 0.282 e. The third-order valence-electron chi connectivity index (χ3n) is 4.33. The average molecular weight is 387 g/mol. The SMILES string of the molecule is COc1ccc(N2C(=O)C(c3ccccc3)=C(N(C)CCO)C2=O)cc1Cl. The number of hydrogen-bond donors (Lipinski definition) is 1. The summed E-state index contributed by atoms with van der Waals surface area (Å²) in [5.41, 5.74) is 1.53. The number of hydrogen-bond acceptors (Lipinski definition) is 5. The molecule has 2 amide bonds. The molecule has 1 aliphatic rings. The first-order valence-corrected chi connectivity index (χ1v) is 8.71. The Balaban J connectivity index is 2.10. The Morgan fingerprint density at radius 1 is 1.11 bits per heavy atom. The number of aliphatic hydroxyl groups excluding tert-OH is 1. The topological polar surface area (TPSA) is 70.1 Å². The van der Waals surface area contributed by atoms with Crippen LogP contribution in [0.25, 0.3) is 5.57 Å². The predicted octanol–water partition coefficient (Wildman–Crippen LogP) is 2.56. The van der Waals surface area contributed by atoms with E-state index in [0.29, 0.717) is 27.6 Å². The largest absolute Gasteiger partial charge is 0.495 e. The molecule has 7 heteroatoms. The number of imide groups is 1. The molecule has 140 valence electrons. The molecule has 0 saturated heterocycles. The highest BCUT2D eigenvalue weighted by Crippen LogP contribution is 2.36. The Hall–Kier alpha value is -2.83. The van der Waals surface area contributed by atoms with Gasteiger partial charge < -0.3 is 14.7 Å². The second kappa shape index (κ2) is 7.82. The number of ether oxygens (including phenoxy) is 1. The molecule has 2 aromatic rings. The Morgan fingerprint density at radius 2 is 1.81 bits per heavy atom. The van der Waals surface area contributed by atoms with Crippen LogP contribution >= 0.6 is 11.6 Å². The maximum absolute atomic E-state index is 13.2. The fourth-order valence-corrected chi connectivity index (χ4v) is 3.28. The van der Waals surface area contributed by atoms with Crippen LogP contribution in [0.4, 0.5) is 5.69 Å². The summed E-state index contributed by atoms with van der Waals surface area (Å²) in [7, 11) is 3.16. The lowest BCUT2D eigenvalue weighted by Crippen LogP contribution is -2.34. The zero-order valence-electron chi connectivity index (χ0n) is 15.0. The van der Waals surface area contributed by atoms with Gasteiger partial charge in [0.25, 0.3) is 11.8 Å². The van der Waals surface area contributed by atoms with Crippen molar-refractivity contribution in [2.75, 3.05) is 32.2 Å². The van der Waals surface area contributed by atoms with Crippen LogP contribution in [-0.4, -0.2) is 49.1 Å². The summed E-state index contributed by atoms with van der Waals surface area (Å²) in [6, 6.07) is 13.7. The summed E-state index contributed by atoms with van der Waals surface area (Å²) < 4.78 is 5.13. The van der Waals surface area contributed by atoms with Crippen LogP contribution in [0.1, 0.15) is 5.56 Å². The van der Waals surface area contributed by atoms with Gasteiger partial charge in [-0.25, -0.2) is 4.90 Å². The standard InChI is InChI=1S/C20H19ClN2O4/c1-22(10-11-24)18-17(13-6-4-3-5-7-13)19(25)23(20(18)26)14-8-9-16(27-2)15(21)12-14/h3-9,12,24H,10-11H2,1-2H3. The molecular weight excluding hydrogens is 368 g/mol. The minimum absolute atomic E-state index is 0.141. The minimum atomic E-state index is -0.462. The number of methoxy groups -OCH3 is 1. The third-order valence-corrected chi connectivity index (χ3v) is 4.63. The van der Waals surface area contributed by atoms with Gasteiger partial charge in [-0.1, -0.05) is 41.9 Å². The lowest BCUT2D eigenvalue weighted by atomic mass is 10.0. The number of anilines is 1. The van der Waals surface area contributed by atoms with Gasteiger partial charge in [-0.15, -0.1) is 0 Å². The van der Waals surface area contributed by atoms with Crippen LogP contribution in [0.5, 0.6) is 5.75 Å². The Kier molecular flexibility index (Phi) is 5.48. The molecule has 1 N–H and O–H groups in total. The number of benzene rings is 2. The first-order chi connectivity index (χ1) is 13.0. The molecule has 0 fully saturated rings. The molecule has 3 rings (SSSR count). The molecule has 0 radical (unpaired) electrons. The van der Waals surface area contributed by atoms with E-state index in [9.17, 15) is 14.7 Å². The summed E-state index contributed by atoms with van der Waals surface area (Å²) in [5.74, 6) is -0.448. The van der Waals surface area contributed by atoms with E-state index in [1.807, 2.05) is 6.07 Å². The molecular formula is C20H19ClN2O4. The molecule has 0 unspecified atom stereocenters. The monoisotopic (exact) mass is 386 g/mol. The van der Waals surface area contributed by atoms with Gasteiger partial charge in [0.2, 0.25) is 0 Å². The molecule has 0 aliphatic carbocycles. The van der Waals surface area contributed by atoms with Crippen molar-refractivity contribution in [3.8, 4) is 5.75 Å². The number of aliphatic hydroxyl groups is 1. The van der Waals surface area contributed by atoms with E-state index >= 15 is 0 Å². The van der Waals surface area contributed by atoms with Crippen molar-refractivity contribution >= 4 is 34.7 Å². The summed E-state index contributed by atoms with van der Waals surface area (Å²) in [6.45, 7) is 0.0831. The number of likely N-dealkylation sites (N-methyl/N-ethyl adjacent to an activating group) is 1.